The van der Waals surface area contributed by atoms with Gasteiger partial charge >= 0.3 is 0 Å². The molecule has 0 radical (unpaired) electrons. The summed E-state index contributed by atoms with van der Waals surface area (Å²) in [6.45, 7) is 0.596. The van der Waals surface area contributed by atoms with E-state index in [0.717, 1.165) is 11.1 Å². The summed E-state index contributed by atoms with van der Waals surface area (Å²) in [6, 6.07) is 18.8. The van der Waals surface area contributed by atoms with E-state index in [0.29, 0.717) is 24.0 Å². The number of hydrogen-bond acceptors (Lipinski definition) is 10. The predicted octanol–water partition coefficient (Wildman–Crippen LogP) is 2.04. The van der Waals surface area contributed by atoms with E-state index in [1.165, 1.54) is 0 Å². The molecule has 0 aliphatic carbocycles. The highest BCUT2D eigenvalue weighted by atomic mass is 16.7. The van der Waals surface area contributed by atoms with Crippen LogP contribution < -0.4 is 21.1 Å². The summed E-state index contributed by atoms with van der Waals surface area (Å²) in [5, 5.41) is 17.8. The van der Waals surface area contributed by atoms with Crippen LogP contribution in [0.2, 0.25) is 0 Å². The lowest BCUT2D eigenvalue weighted by Crippen LogP contribution is -2.66. The number of benzene rings is 2. The molecule has 0 saturated carbocycles. The number of aliphatic hydroxyl groups is 1. The number of rotatable bonds is 4. The van der Waals surface area contributed by atoms with Crippen LogP contribution in [0.25, 0.3) is 0 Å². The van der Waals surface area contributed by atoms with Crippen LogP contribution in [-0.4, -0.2) is 52.3 Å². The molecule has 3 aromatic rings. The van der Waals surface area contributed by atoms with Crippen molar-refractivity contribution in [1.82, 2.24) is 9.97 Å². The second-order valence-electron chi connectivity index (χ2n) is 8.46. The molecule has 2 aromatic carbocycles. The van der Waals surface area contributed by atoms with Crippen LogP contribution >= 0.6 is 0 Å². The summed E-state index contributed by atoms with van der Waals surface area (Å²) in [4.78, 5) is 8.56. The number of nitrogen functional groups attached to an aromatic ring is 1. The highest BCUT2D eigenvalue weighted by molar-refractivity contribution is 5.74. The Hall–Kier alpha value is -3.44. The van der Waals surface area contributed by atoms with Gasteiger partial charge in [0.2, 0.25) is 11.8 Å². The average molecular weight is 463 g/mol. The molecule has 6 rings (SSSR count). The lowest BCUT2D eigenvalue weighted by atomic mass is 9.93. The van der Waals surface area contributed by atoms with Gasteiger partial charge in [0.25, 0.3) is 0 Å². The molecule has 2 fully saturated rings. The molecule has 6 unspecified atom stereocenters. The third kappa shape index (κ3) is 3.90. The van der Waals surface area contributed by atoms with Crippen molar-refractivity contribution in [3.8, 4) is 5.88 Å². The molecule has 1 aromatic heterocycles. The highest BCUT2D eigenvalue weighted by Crippen LogP contribution is 2.41. The summed E-state index contributed by atoms with van der Waals surface area (Å²) in [5.74, 6) is 0.808. The summed E-state index contributed by atoms with van der Waals surface area (Å²) in [5.41, 5.74) is 8.31. The summed E-state index contributed by atoms with van der Waals surface area (Å²) in [7, 11) is 0. The second-order valence-corrected chi connectivity index (χ2v) is 8.46. The highest BCUT2D eigenvalue weighted by Gasteiger charge is 2.51. The normalized spacial score (nSPS) is 29.6. The Balaban J connectivity index is 1.23. The number of anilines is 3. The average Bonchev–Trinajstić information content (AvgIpc) is 2.87. The first-order valence-electron chi connectivity index (χ1n) is 11.2. The zero-order valence-electron chi connectivity index (χ0n) is 18.2. The zero-order valence-corrected chi connectivity index (χ0v) is 18.2. The van der Waals surface area contributed by atoms with Crippen LogP contribution in [0.1, 0.15) is 17.4 Å². The number of hydrogen-bond donors (Lipinski definition) is 4. The van der Waals surface area contributed by atoms with Crippen molar-refractivity contribution in [1.29, 1.82) is 0 Å². The van der Waals surface area contributed by atoms with E-state index in [-0.39, 0.29) is 12.6 Å². The van der Waals surface area contributed by atoms with E-state index < -0.39 is 36.9 Å². The molecule has 6 atom stereocenters. The van der Waals surface area contributed by atoms with Crippen molar-refractivity contribution in [2.45, 2.75) is 43.5 Å². The maximum atomic E-state index is 11.3. The van der Waals surface area contributed by atoms with Gasteiger partial charge in [-0.2, -0.15) is 9.97 Å². The van der Waals surface area contributed by atoms with Gasteiger partial charge in [0.05, 0.1) is 6.61 Å². The molecular formula is C24H25N5O5. The predicted molar refractivity (Wildman–Crippen MR) is 123 cm³/mol. The van der Waals surface area contributed by atoms with Crippen molar-refractivity contribution in [3.05, 3.63) is 71.8 Å². The Bertz CT molecular complexity index is 1150. The van der Waals surface area contributed by atoms with Crippen molar-refractivity contribution in [3.63, 3.8) is 0 Å². The van der Waals surface area contributed by atoms with Crippen LogP contribution in [0.5, 0.6) is 5.88 Å². The minimum Gasteiger partial charge on any atom is -0.471 e. The van der Waals surface area contributed by atoms with Crippen molar-refractivity contribution >= 4 is 17.5 Å². The van der Waals surface area contributed by atoms with Gasteiger partial charge in [-0.3, -0.25) is 0 Å². The van der Waals surface area contributed by atoms with Gasteiger partial charge in [0, 0.05) is 5.56 Å². The Morgan fingerprint density at radius 1 is 1.00 bits per heavy atom. The van der Waals surface area contributed by atoms with E-state index in [9.17, 15) is 5.11 Å². The SMILES string of the molecule is Nc1nc2c(c(OCc3ccccc3)n1)NC1C(N2)OC2COC(c3ccccc3)OC2C1O. The molecule has 0 amide bonds. The summed E-state index contributed by atoms with van der Waals surface area (Å²) >= 11 is 0. The molecule has 34 heavy (non-hydrogen) atoms. The lowest BCUT2D eigenvalue weighted by Gasteiger charge is -2.50. The Morgan fingerprint density at radius 2 is 1.76 bits per heavy atom. The maximum Gasteiger partial charge on any atom is 0.244 e. The van der Waals surface area contributed by atoms with E-state index in [1.807, 2.05) is 60.7 Å². The molecule has 10 heteroatoms. The lowest BCUT2D eigenvalue weighted by molar-refractivity contribution is -0.309. The van der Waals surface area contributed by atoms with Gasteiger partial charge in [0.15, 0.2) is 18.3 Å². The smallest absolute Gasteiger partial charge is 0.244 e. The van der Waals surface area contributed by atoms with Crippen molar-refractivity contribution in [2.75, 3.05) is 23.0 Å². The van der Waals surface area contributed by atoms with Gasteiger partial charge in [-0.25, -0.2) is 0 Å². The fourth-order valence-corrected chi connectivity index (χ4v) is 4.51. The number of aromatic nitrogens is 2. The third-order valence-corrected chi connectivity index (χ3v) is 6.18. The largest absolute Gasteiger partial charge is 0.471 e. The first kappa shape index (κ1) is 21.1. The molecule has 0 spiro atoms. The Morgan fingerprint density at radius 3 is 2.56 bits per heavy atom. The molecule has 10 nitrogen and oxygen atoms in total. The van der Waals surface area contributed by atoms with Crippen LogP contribution in [0.3, 0.4) is 0 Å². The molecule has 0 bridgehead atoms. The number of nitrogens with two attached hydrogens (primary N) is 1. The maximum absolute atomic E-state index is 11.3. The number of nitrogens with one attached hydrogen (secondary N) is 2. The second kappa shape index (κ2) is 8.73. The van der Waals surface area contributed by atoms with Crippen molar-refractivity contribution < 1.29 is 24.1 Å². The van der Waals surface area contributed by atoms with Crippen LogP contribution in [0.4, 0.5) is 17.5 Å². The molecule has 2 saturated heterocycles. The number of ether oxygens (including phenoxy) is 4. The zero-order chi connectivity index (χ0) is 23.1. The molecule has 4 heterocycles. The quantitative estimate of drug-likeness (QED) is 0.456. The van der Waals surface area contributed by atoms with Crippen LogP contribution in [-0.2, 0) is 20.8 Å². The molecular weight excluding hydrogens is 438 g/mol. The summed E-state index contributed by atoms with van der Waals surface area (Å²) in [6.07, 6.45) is -3.06. The third-order valence-electron chi connectivity index (χ3n) is 6.18. The molecule has 3 aliphatic rings. The van der Waals surface area contributed by atoms with Crippen molar-refractivity contribution in [2.24, 2.45) is 0 Å². The fourth-order valence-electron chi connectivity index (χ4n) is 4.51. The van der Waals surface area contributed by atoms with E-state index in [1.54, 1.807) is 0 Å². The Labute approximate surface area is 196 Å². The Kier molecular flexibility index (Phi) is 5.42. The topological polar surface area (TPSA) is 133 Å². The van der Waals surface area contributed by atoms with E-state index >= 15 is 0 Å². The van der Waals surface area contributed by atoms with Gasteiger partial charge < -0.3 is 40.4 Å². The first-order valence-corrected chi connectivity index (χ1v) is 11.2. The number of fused-ring (bicyclic) bond motifs is 3. The minimum absolute atomic E-state index is 0.0684. The van der Waals surface area contributed by atoms with Gasteiger partial charge in [-0.05, 0) is 5.56 Å². The van der Waals surface area contributed by atoms with Gasteiger partial charge in [-0.1, -0.05) is 60.7 Å². The monoisotopic (exact) mass is 463 g/mol. The minimum atomic E-state index is -0.890. The molecule has 5 N–H and O–H groups in total. The molecule has 3 aliphatic heterocycles. The van der Waals surface area contributed by atoms with Crippen LogP contribution in [0.15, 0.2) is 60.7 Å². The number of aliphatic hydroxyl groups excluding tert-OH is 1. The first-order chi connectivity index (χ1) is 16.7. The number of nitrogens with zero attached hydrogens (tertiary/aromatic N) is 2. The van der Waals surface area contributed by atoms with Gasteiger partial charge in [0.1, 0.15) is 36.6 Å². The molecule has 176 valence electrons. The summed E-state index contributed by atoms with van der Waals surface area (Å²) < 4.78 is 24.2. The fraction of sp³-hybridized carbons (Fsp3) is 0.333. The van der Waals surface area contributed by atoms with Crippen LogP contribution in [0, 0.1) is 0 Å². The van der Waals surface area contributed by atoms with E-state index in [4.69, 9.17) is 24.7 Å². The standard InChI is InChI=1S/C24H25N5O5/c25-24-28-20-17(21(29-24)31-11-13-7-3-1-4-8-13)26-16-18(30)19-15(33-22(16)27-20)12-32-23(34-19)14-9-5-2-6-10-14/h1-10,15-16,18-19,22-23,26,30H,11-12H2,(H3,25,27,28,29). The van der Waals surface area contributed by atoms with E-state index in [2.05, 4.69) is 20.6 Å². The van der Waals surface area contributed by atoms with Gasteiger partial charge in [-0.15, -0.1) is 0 Å².